The SMILES string of the molecule is Cl.NC(Cc1ccc(F)cc1)CC(F)(F)F. The maximum absolute atomic E-state index is 12.5. The van der Waals surface area contributed by atoms with E-state index in [0.717, 1.165) is 0 Å². The van der Waals surface area contributed by atoms with E-state index in [4.69, 9.17) is 5.73 Å². The summed E-state index contributed by atoms with van der Waals surface area (Å²) in [7, 11) is 0. The van der Waals surface area contributed by atoms with Gasteiger partial charge in [-0.1, -0.05) is 12.1 Å². The fourth-order valence-electron chi connectivity index (χ4n) is 1.29. The zero-order chi connectivity index (χ0) is 11.5. The Kier molecular flexibility index (Phi) is 5.75. The summed E-state index contributed by atoms with van der Waals surface area (Å²) >= 11 is 0. The van der Waals surface area contributed by atoms with Gasteiger partial charge in [-0.15, -0.1) is 12.4 Å². The zero-order valence-corrected chi connectivity index (χ0v) is 9.11. The van der Waals surface area contributed by atoms with Gasteiger partial charge in [-0.2, -0.15) is 13.2 Å². The second-order valence-electron chi connectivity index (χ2n) is 3.41. The van der Waals surface area contributed by atoms with Crippen molar-refractivity contribution < 1.29 is 17.6 Å². The monoisotopic (exact) mass is 257 g/mol. The van der Waals surface area contributed by atoms with E-state index in [1.165, 1.54) is 24.3 Å². The van der Waals surface area contributed by atoms with Gasteiger partial charge >= 0.3 is 6.18 Å². The van der Waals surface area contributed by atoms with Crippen molar-refractivity contribution in [2.45, 2.75) is 25.1 Å². The summed E-state index contributed by atoms with van der Waals surface area (Å²) in [5.74, 6) is -0.414. The molecular formula is C10H12ClF4N. The third-order valence-corrected chi connectivity index (χ3v) is 1.90. The van der Waals surface area contributed by atoms with E-state index < -0.39 is 24.5 Å². The Hall–Kier alpha value is -0.810. The number of benzene rings is 1. The summed E-state index contributed by atoms with van der Waals surface area (Å²) in [6, 6.07) is 4.30. The van der Waals surface area contributed by atoms with Crippen LogP contribution in [0.5, 0.6) is 0 Å². The standard InChI is InChI=1S/C10H11F4N.ClH/c11-8-3-1-7(2-4-8)5-9(15)6-10(12,13)14;/h1-4,9H,5-6,15H2;1H. The molecule has 1 aromatic rings. The lowest BCUT2D eigenvalue weighted by Crippen LogP contribution is -2.29. The quantitative estimate of drug-likeness (QED) is 0.828. The topological polar surface area (TPSA) is 26.0 Å². The first-order valence-electron chi connectivity index (χ1n) is 4.43. The van der Waals surface area contributed by atoms with Gasteiger partial charge in [0.1, 0.15) is 5.82 Å². The molecule has 92 valence electrons. The van der Waals surface area contributed by atoms with E-state index in [0.29, 0.717) is 5.56 Å². The summed E-state index contributed by atoms with van der Waals surface area (Å²) in [5.41, 5.74) is 5.92. The van der Waals surface area contributed by atoms with Crippen LogP contribution < -0.4 is 5.73 Å². The fourth-order valence-corrected chi connectivity index (χ4v) is 1.29. The molecule has 0 heterocycles. The van der Waals surface area contributed by atoms with Crippen LogP contribution >= 0.6 is 12.4 Å². The van der Waals surface area contributed by atoms with Crippen LogP contribution in [0.2, 0.25) is 0 Å². The Morgan fingerprint density at radius 2 is 1.62 bits per heavy atom. The van der Waals surface area contributed by atoms with Gasteiger partial charge in [-0.25, -0.2) is 4.39 Å². The van der Waals surface area contributed by atoms with Crippen molar-refractivity contribution in [3.05, 3.63) is 35.6 Å². The summed E-state index contributed by atoms with van der Waals surface area (Å²) < 4.78 is 48.3. The van der Waals surface area contributed by atoms with Crippen molar-refractivity contribution in [2.24, 2.45) is 5.73 Å². The first-order valence-corrected chi connectivity index (χ1v) is 4.43. The normalized spacial score (nSPS) is 13.1. The van der Waals surface area contributed by atoms with E-state index >= 15 is 0 Å². The first kappa shape index (κ1) is 15.2. The molecule has 0 aliphatic carbocycles. The fraction of sp³-hybridized carbons (Fsp3) is 0.400. The number of hydrogen-bond donors (Lipinski definition) is 1. The van der Waals surface area contributed by atoms with Crippen molar-refractivity contribution in [2.75, 3.05) is 0 Å². The van der Waals surface area contributed by atoms with Crippen LogP contribution in [0.25, 0.3) is 0 Å². The molecule has 1 unspecified atom stereocenters. The van der Waals surface area contributed by atoms with E-state index in [-0.39, 0.29) is 18.8 Å². The van der Waals surface area contributed by atoms with Crippen molar-refractivity contribution in [3.63, 3.8) is 0 Å². The van der Waals surface area contributed by atoms with E-state index in [9.17, 15) is 17.6 Å². The second kappa shape index (κ2) is 6.06. The first-order chi connectivity index (χ1) is 6.87. The minimum atomic E-state index is -4.25. The predicted molar refractivity (Wildman–Crippen MR) is 56.0 cm³/mol. The number of nitrogens with two attached hydrogens (primary N) is 1. The number of hydrogen-bond acceptors (Lipinski definition) is 1. The Bertz CT molecular complexity index is 310. The number of halogens is 5. The third-order valence-electron chi connectivity index (χ3n) is 1.90. The molecule has 1 nitrogen and oxygen atoms in total. The molecule has 0 aromatic heterocycles. The van der Waals surface area contributed by atoms with Gasteiger partial charge in [0.15, 0.2) is 0 Å². The highest BCUT2D eigenvalue weighted by molar-refractivity contribution is 5.85. The van der Waals surface area contributed by atoms with Crippen LogP contribution in [0.1, 0.15) is 12.0 Å². The average molecular weight is 258 g/mol. The molecule has 1 atom stereocenters. The average Bonchev–Trinajstić information content (AvgIpc) is 2.05. The van der Waals surface area contributed by atoms with Gasteiger partial charge < -0.3 is 5.73 Å². The summed E-state index contributed by atoms with van der Waals surface area (Å²) in [4.78, 5) is 0. The molecule has 0 fully saturated rings. The second-order valence-corrected chi connectivity index (χ2v) is 3.41. The van der Waals surface area contributed by atoms with E-state index in [1.807, 2.05) is 0 Å². The highest BCUT2D eigenvalue weighted by Gasteiger charge is 2.30. The molecule has 0 radical (unpaired) electrons. The summed E-state index contributed by atoms with van der Waals surface area (Å²) in [6.07, 6.45) is -5.18. The Labute approximate surface area is 97.0 Å². The van der Waals surface area contributed by atoms with Crippen LogP contribution in [-0.2, 0) is 6.42 Å². The number of rotatable bonds is 3. The van der Waals surface area contributed by atoms with E-state index in [2.05, 4.69) is 0 Å². The van der Waals surface area contributed by atoms with Gasteiger partial charge in [0, 0.05) is 6.04 Å². The molecular weight excluding hydrogens is 246 g/mol. The molecule has 16 heavy (non-hydrogen) atoms. The minimum absolute atomic E-state index is 0. The molecule has 0 aliphatic heterocycles. The molecule has 2 N–H and O–H groups in total. The Morgan fingerprint density at radius 3 is 2.06 bits per heavy atom. The molecule has 1 aromatic carbocycles. The molecule has 0 aliphatic rings. The van der Waals surface area contributed by atoms with Crippen LogP contribution in [0.3, 0.4) is 0 Å². The van der Waals surface area contributed by atoms with Gasteiger partial charge in [-0.3, -0.25) is 0 Å². The highest BCUT2D eigenvalue weighted by Crippen LogP contribution is 2.22. The zero-order valence-electron chi connectivity index (χ0n) is 8.30. The van der Waals surface area contributed by atoms with Gasteiger partial charge in [-0.05, 0) is 24.1 Å². The van der Waals surface area contributed by atoms with Crippen molar-refractivity contribution in [1.82, 2.24) is 0 Å². The number of alkyl halides is 3. The van der Waals surface area contributed by atoms with Crippen LogP contribution in [0.4, 0.5) is 17.6 Å². The van der Waals surface area contributed by atoms with Crippen LogP contribution in [0, 0.1) is 5.82 Å². The minimum Gasteiger partial charge on any atom is -0.327 e. The lowest BCUT2D eigenvalue weighted by molar-refractivity contribution is -0.138. The molecule has 0 saturated carbocycles. The summed E-state index contributed by atoms with van der Waals surface area (Å²) in [6.45, 7) is 0. The third kappa shape index (κ3) is 5.92. The van der Waals surface area contributed by atoms with Gasteiger partial charge in [0.05, 0.1) is 6.42 Å². The van der Waals surface area contributed by atoms with Crippen LogP contribution in [-0.4, -0.2) is 12.2 Å². The molecule has 0 saturated heterocycles. The van der Waals surface area contributed by atoms with Crippen LogP contribution in [0.15, 0.2) is 24.3 Å². The van der Waals surface area contributed by atoms with Crippen molar-refractivity contribution in [1.29, 1.82) is 0 Å². The Morgan fingerprint density at radius 1 is 1.12 bits per heavy atom. The maximum Gasteiger partial charge on any atom is 0.390 e. The summed E-state index contributed by atoms with van der Waals surface area (Å²) in [5, 5.41) is 0. The highest BCUT2D eigenvalue weighted by atomic mass is 35.5. The molecule has 1 rings (SSSR count). The Balaban J connectivity index is 0.00000225. The lowest BCUT2D eigenvalue weighted by atomic mass is 10.0. The molecule has 0 spiro atoms. The molecule has 0 bridgehead atoms. The molecule has 6 heteroatoms. The smallest absolute Gasteiger partial charge is 0.327 e. The maximum atomic E-state index is 12.5. The van der Waals surface area contributed by atoms with Crippen molar-refractivity contribution in [3.8, 4) is 0 Å². The lowest BCUT2D eigenvalue weighted by Gasteiger charge is -2.13. The van der Waals surface area contributed by atoms with Gasteiger partial charge in [0.2, 0.25) is 0 Å². The largest absolute Gasteiger partial charge is 0.390 e. The predicted octanol–water partition coefficient (Wildman–Crippen LogP) is 3.07. The van der Waals surface area contributed by atoms with Gasteiger partial charge in [0.25, 0.3) is 0 Å². The van der Waals surface area contributed by atoms with E-state index in [1.54, 1.807) is 0 Å². The van der Waals surface area contributed by atoms with Crippen molar-refractivity contribution >= 4 is 12.4 Å². The molecule has 0 amide bonds.